The first-order chi connectivity index (χ1) is 38.7. The van der Waals surface area contributed by atoms with Crippen LogP contribution in [0, 0.1) is 0 Å². The van der Waals surface area contributed by atoms with Gasteiger partial charge in [-0.05, 0) is 99.7 Å². The number of methoxy groups -OCH3 is 1. The summed E-state index contributed by atoms with van der Waals surface area (Å²) in [5.41, 5.74) is 2.35. The molecule has 0 bridgehead atoms. The molecule has 4 atom stereocenters. The molecule has 1 aliphatic rings. The Bertz CT molecular complexity index is 2370. The molecule has 448 valence electrons. The number of nitrogens with one attached hydrogen (secondary N) is 6. The molecule has 0 radical (unpaired) electrons. The van der Waals surface area contributed by atoms with Crippen LogP contribution in [0.5, 0.6) is 0 Å². The number of unbranched alkanes of at least 4 members (excludes halogenated alkanes) is 5. The van der Waals surface area contributed by atoms with Crippen LogP contribution in [-0.4, -0.2) is 202 Å². The maximum Gasteiger partial charge on any atom is 0.328 e. The van der Waals surface area contributed by atoms with Crippen LogP contribution in [0.3, 0.4) is 0 Å². The molecule has 0 spiro atoms. The zero-order chi connectivity index (χ0) is 59.5. The number of hydrogen-bond donors (Lipinski definition) is 11. The lowest BCUT2D eigenvalue weighted by molar-refractivity contribution is -0.149. The van der Waals surface area contributed by atoms with Crippen LogP contribution in [0.25, 0.3) is 0 Å². The summed E-state index contributed by atoms with van der Waals surface area (Å²) in [6.07, 6.45) is 4.77. The minimum atomic E-state index is -1.31. The van der Waals surface area contributed by atoms with E-state index in [-0.39, 0.29) is 89.4 Å². The van der Waals surface area contributed by atoms with Gasteiger partial charge in [-0.25, -0.2) is 19.2 Å². The summed E-state index contributed by atoms with van der Waals surface area (Å²) >= 11 is 5.54. The Morgan fingerprint density at radius 2 is 1.14 bits per heavy atom. The fraction of sp³-hybridized carbons (Fsp3) is 0.574. The molecule has 0 aromatic heterocycles. The highest BCUT2D eigenvalue weighted by atomic mass is 32.1. The number of anilines is 1. The van der Waals surface area contributed by atoms with Crippen molar-refractivity contribution >= 4 is 82.6 Å². The first-order valence-electron chi connectivity index (χ1n) is 27.0. The molecule has 2 unspecified atom stereocenters. The molecule has 1 fully saturated rings. The van der Waals surface area contributed by atoms with Crippen molar-refractivity contribution in [3.05, 3.63) is 65.7 Å². The topological polar surface area (TPSA) is 372 Å². The van der Waals surface area contributed by atoms with Gasteiger partial charge < -0.3 is 66.9 Å². The van der Waals surface area contributed by atoms with Crippen molar-refractivity contribution in [3.8, 4) is 0 Å². The van der Waals surface area contributed by atoms with E-state index in [1.165, 1.54) is 0 Å². The SMILES string of the molecule is COC(=O)[C@H](CCC(=O)O)NC(=O)N[C@@H](CCCCNC(=O)CCCCCCC(=O)NC(CCCCNC(=S)Nc1ccc(CC2CN(CC(=O)O)CCN(CC(=O)O)CCN2CC(=O)O)cc1)C(=O)OCc1ccccc1)C(=O)O. The van der Waals surface area contributed by atoms with Gasteiger partial charge in [0.1, 0.15) is 24.7 Å². The van der Waals surface area contributed by atoms with Crippen molar-refractivity contribution in [2.75, 3.05) is 77.9 Å². The zero-order valence-corrected chi connectivity index (χ0v) is 46.6. The summed E-state index contributed by atoms with van der Waals surface area (Å²) in [6.45, 7) is 1.39. The van der Waals surface area contributed by atoms with E-state index in [0.29, 0.717) is 101 Å². The number of carboxylic acid groups (broad SMARTS) is 5. The molecule has 26 nitrogen and oxygen atoms in total. The second-order valence-electron chi connectivity index (χ2n) is 19.6. The fourth-order valence-electron chi connectivity index (χ4n) is 8.79. The molecule has 81 heavy (non-hydrogen) atoms. The third kappa shape index (κ3) is 30.1. The van der Waals surface area contributed by atoms with Crippen LogP contribution in [0.4, 0.5) is 10.5 Å². The number of rotatable bonds is 37. The molecule has 1 heterocycles. The quantitative estimate of drug-likeness (QED) is 0.0262. The Morgan fingerprint density at radius 1 is 0.568 bits per heavy atom. The number of amides is 4. The van der Waals surface area contributed by atoms with Crippen LogP contribution < -0.4 is 31.9 Å². The number of carbonyl (C=O) groups excluding carboxylic acids is 5. The Kier molecular flexibility index (Phi) is 32.0. The van der Waals surface area contributed by atoms with E-state index in [1.54, 1.807) is 14.7 Å². The van der Waals surface area contributed by atoms with E-state index in [1.807, 2.05) is 54.6 Å². The predicted molar refractivity (Wildman–Crippen MR) is 298 cm³/mol. The minimum Gasteiger partial charge on any atom is -0.481 e. The van der Waals surface area contributed by atoms with Gasteiger partial charge in [0.15, 0.2) is 5.11 Å². The summed E-state index contributed by atoms with van der Waals surface area (Å²) in [6, 6.07) is 11.7. The number of thiocarbonyl (C=S) groups is 1. The summed E-state index contributed by atoms with van der Waals surface area (Å²) in [5.74, 6) is -7.58. The molecule has 2 aromatic rings. The average Bonchev–Trinajstić information content (AvgIpc) is 3.47. The van der Waals surface area contributed by atoms with Gasteiger partial charge in [0.2, 0.25) is 11.8 Å². The molecule has 0 aliphatic carbocycles. The number of nitrogens with zero attached hydrogens (tertiary/aromatic N) is 3. The molecule has 4 amide bonds. The number of hydrogen-bond acceptors (Lipinski definition) is 16. The first-order valence-corrected chi connectivity index (χ1v) is 27.5. The maximum absolute atomic E-state index is 13.3. The Hall–Kier alpha value is -7.49. The Balaban J connectivity index is 1.40. The van der Waals surface area contributed by atoms with E-state index in [9.17, 15) is 68.4 Å². The highest BCUT2D eigenvalue weighted by Gasteiger charge is 2.29. The summed E-state index contributed by atoms with van der Waals surface area (Å²) in [4.78, 5) is 126. The molecular weight excluding hydrogens is 1080 g/mol. The molecule has 0 saturated carbocycles. The smallest absolute Gasteiger partial charge is 0.328 e. The molecule has 2 aromatic carbocycles. The summed E-state index contributed by atoms with van der Waals surface area (Å²) < 4.78 is 10.2. The van der Waals surface area contributed by atoms with Gasteiger partial charge in [-0.2, -0.15) is 0 Å². The van der Waals surface area contributed by atoms with E-state index in [2.05, 4.69) is 36.6 Å². The number of carboxylic acids is 5. The van der Waals surface area contributed by atoms with Crippen molar-refractivity contribution in [1.29, 1.82) is 0 Å². The van der Waals surface area contributed by atoms with Crippen molar-refractivity contribution in [2.24, 2.45) is 0 Å². The second kappa shape index (κ2) is 38.2. The third-order valence-electron chi connectivity index (χ3n) is 13.0. The van der Waals surface area contributed by atoms with Crippen LogP contribution in [-0.2, 0) is 65.7 Å². The molecule has 3 rings (SSSR count). The fourth-order valence-corrected chi connectivity index (χ4v) is 9.01. The van der Waals surface area contributed by atoms with Gasteiger partial charge in [0.05, 0.1) is 26.7 Å². The molecule has 11 N–H and O–H groups in total. The summed E-state index contributed by atoms with van der Waals surface area (Å²) in [7, 11) is 1.07. The van der Waals surface area contributed by atoms with Crippen LogP contribution in [0.15, 0.2) is 54.6 Å². The number of esters is 2. The normalized spacial score (nSPS) is 15.1. The Morgan fingerprint density at radius 3 is 1.75 bits per heavy atom. The monoisotopic (exact) mass is 1160 g/mol. The van der Waals surface area contributed by atoms with Crippen LogP contribution >= 0.6 is 12.2 Å². The van der Waals surface area contributed by atoms with Crippen molar-refractivity contribution < 1.29 is 83.0 Å². The molecule has 1 aliphatic heterocycles. The summed E-state index contributed by atoms with van der Waals surface area (Å²) in [5, 5.41) is 63.9. The van der Waals surface area contributed by atoms with E-state index < -0.39 is 72.4 Å². The van der Waals surface area contributed by atoms with Crippen molar-refractivity contribution in [3.63, 3.8) is 0 Å². The second-order valence-corrected chi connectivity index (χ2v) is 20.0. The van der Waals surface area contributed by atoms with Gasteiger partial charge in [-0.3, -0.25) is 43.5 Å². The lowest BCUT2D eigenvalue weighted by atomic mass is 10.0. The maximum atomic E-state index is 13.3. The number of carbonyl (C=O) groups is 10. The molecular formula is C54H79N9O17S. The van der Waals surface area contributed by atoms with E-state index in [4.69, 9.17) is 22.1 Å². The standard InChI is InChI=1S/C54H79N9O17S/c1-79-51(76)43(23-24-46(66)67)60-53(78)59-41(50(74)75)15-9-11-25-55-44(64)17-7-2-3-8-18-45(65)58-42(52(77)80-36-38-13-5-4-6-14-38)16-10-12-26-56-54(81)57-39-21-19-37(20-22-39)31-40-32-62(34-48(70)71)28-27-61(33-47(68)69)29-30-63(40)35-49(72)73/h4-6,13-14,19-22,40-43H,2-3,7-12,15-18,23-36H2,1H3,(H,55,64)(H,58,65)(H,66,67)(H,68,69)(H,70,71)(H,72,73)(H,74,75)(H2,56,57,81)(H2,59,60,78)/t40?,41-,42?,43-/m0/s1. The number of aliphatic carboxylic acids is 5. The lowest BCUT2D eigenvalue weighted by Crippen LogP contribution is -2.51. The van der Waals surface area contributed by atoms with Gasteiger partial charge in [0.25, 0.3) is 0 Å². The van der Waals surface area contributed by atoms with Crippen LogP contribution in [0.2, 0.25) is 0 Å². The first kappa shape index (κ1) is 67.8. The average molecular weight is 1160 g/mol. The van der Waals surface area contributed by atoms with Gasteiger partial charge in [-0.1, -0.05) is 55.3 Å². The predicted octanol–water partition coefficient (Wildman–Crippen LogP) is 2.24. The van der Waals surface area contributed by atoms with E-state index in [0.717, 1.165) is 18.2 Å². The highest BCUT2D eigenvalue weighted by Crippen LogP contribution is 2.17. The van der Waals surface area contributed by atoms with Gasteiger partial charge >= 0.3 is 47.8 Å². The highest BCUT2D eigenvalue weighted by molar-refractivity contribution is 7.80. The van der Waals surface area contributed by atoms with Gasteiger partial charge in [0, 0.05) is 76.8 Å². The largest absolute Gasteiger partial charge is 0.481 e. The lowest BCUT2D eigenvalue weighted by Gasteiger charge is -2.33. The zero-order valence-electron chi connectivity index (χ0n) is 45.8. The van der Waals surface area contributed by atoms with Gasteiger partial charge in [-0.15, -0.1) is 0 Å². The minimum absolute atomic E-state index is 0.0269. The van der Waals surface area contributed by atoms with Crippen molar-refractivity contribution in [2.45, 2.75) is 127 Å². The van der Waals surface area contributed by atoms with E-state index >= 15 is 0 Å². The molecule has 27 heteroatoms. The van der Waals surface area contributed by atoms with Crippen LogP contribution in [0.1, 0.15) is 101 Å². The number of ether oxygens (including phenoxy) is 2. The number of urea groups is 1. The third-order valence-corrected chi connectivity index (χ3v) is 13.3. The Labute approximate surface area is 476 Å². The van der Waals surface area contributed by atoms with Crippen molar-refractivity contribution in [1.82, 2.24) is 41.3 Å². The number of benzene rings is 2. The molecule has 1 saturated heterocycles.